The average molecular weight is 483 g/mol. The molecule has 0 fully saturated rings. The van der Waals surface area contributed by atoms with Crippen molar-refractivity contribution in [2.75, 3.05) is 27.4 Å². The van der Waals surface area contributed by atoms with Gasteiger partial charge in [-0.2, -0.15) is 0 Å². The first-order chi connectivity index (χ1) is 16.7. The number of esters is 2. The van der Waals surface area contributed by atoms with Crippen LogP contribution in [0.4, 0.5) is 0 Å². The van der Waals surface area contributed by atoms with Crippen LogP contribution in [0.3, 0.4) is 0 Å². The highest BCUT2D eigenvalue weighted by Crippen LogP contribution is 2.36. The molecule has 2 aromatic rings. The summed E-state index contributed by atoms with van der Waals surface area (Å²) < 4.78 is 21.6. The lowest BCUT2D eigenvalue weighted by Gasteiger charge is -2.21. The number of hydrogen-bond donors (Lipinski definition) is 1. The largest absolute Gasteiger partial charge is 0.496 e. The van der Waals surface area contributed by atoms with Crippen LogP contribution in [0.1, 0.15) is 54.8 Å². The Bertz CT molecular complexity index is 1070. The Morgan fingerprint density at radius 2 is 1.86 bits per heavy atom. The van der Waals surface area contributed by atoms with Crippen LogP contribution in [-0.2, 0) is 14.3 Å². The van der Waals surface area contributed by atoms with Gasteiger partial charge in [0.05, 0.1) is 26.4 Å². The van der Waals surface area contributed by atoms with E-state index in [1.807, 2.05) is 26.0 Å². The van der Waals surface area contributed by atoms with Gasteiger partial charge in [-0.1, -0.05) is 38.6 Å². The second-order valence-corrected chi connectivity index (χ2v) is 8.18. The zero-order valence-corrected chi connectivity index (χ0v) is 21.0. The lowest BCUT2D eigenvalue weighted by molar-refractivity contribution is -0.146. The van der Waals surface area contributed by atoms with Gasteiger partial charge in [0.1, 0.15) is 24.2 Å². The van der Waals surface area contributed by atoms with Gasteiger partial charge in [-0.15, -0.1) is 0 Å². The lowest BCUT2D eigenvalue weighted by Crippen LogP contribution is -2.09. The van der Waals surface area contributed by atoms with Gasteiger partial charge in [0.2, 0.25) is 0 Å². The Labute approximate surface area is 207 Å². The molecule has 35 heavy (non-hydrogen) atoms. The van der Waals surface area contributed by atoms with E-state index in [0.717, 1.165) is 16.7 Å². The first-order valence-corrected chi connectivity index (χ1v) is 11.4. The molecule has 7 heteroatoms. The number of benzene rings is 2. The molecule has 0 spiro atoms. The van der Waals surface area contributed by atoms with Gasteiger partial charge in [0, 0.05) is 18.9 Å². The summed E-state index contributed by atoms with van der Waals surface area (Å²) in [5.41, 5.74) is 3.45. The third-order valence-electron chi connectivity index (χ3n) is 5.39. The second-order valence-electron chi connectivity index (χ2n) is 8.18. The van der Waals surface area contributed by atoms with Gasteiger partial charge in [0.15, 0.2) is 0 Å². The van der Waals surface area contributed by atoms with E-state index in [4.69, 9.17) is 24.1 Å². The normalized spacial score (nSPS) is 12.1. The summed E-state index contributed by atoms with van der Waals surface area (Å²) in [5, 5.41) is 9.04. The van der Waals surface area contributed by atoms with Crippen molar-refractivity contribution < 1.29 is 33.6 Å². The monoisotopic (exact) mass is 482 g/mol. The average Bonchev–Trinajstić information content (AvgIpc) is 2.85. The summed E-state index contributed by atoms with van der Waals surface area (Å²) in [6.45, 7) is 9.74. The third-order valence-corrected chi connectivity index (χ3v) is 5.39. The highest BCUT2D eigenvalue weighted by Gasteiger charge is 2.20. The minimum atomic E-state index is -0.588. The van der Waals surface area contributed by atoms with E-state index < -0.39 is 18.0 Å². The molecule has 0 amide bonds. The topological polar surface area (TPSA) is 91.3 Å². The molecule has 0 aliphatic heterocycles. The van der Waals surface area contributed by atoms with Crippen molar-refractivity contribution in [3.63, 3.8) is 0 Å². The van der Waals surface area contributed by atoms with Crippen LogP contribution < -0.4 is 9.47 Å². The van der Waals surface area contributed by atoms with Crippen molar-refractivity contribution in [1.29, 1.82) is 0 Å². The Balaban J connectivity index is 2.55. The van der Waals surface area contributed by atoms with E-state index in [2.05, 4.69) is 6.58 Å². The summed E-state index contributed by atoms with van der Waals surface area (Å²) in [7, 11) is 2.89. The molecule has 188 valence electrons. The van der Waals surface area contributed by atoms with Gasteiger partial charge >= 0.3 is 11.9 Å². The van der Waals surface area contributed by atoms with Crippen molar-refractivity contribution in [1.82, 2.24) is 0 Å². The van der Waals surface area contributed by atoms with Crippen molar-refractivity contribution in [2.45, 2.75) is 33.3 Å². The number of rotatable bonds is 12. The van der Waals surface area contributed by atoms with E-state index >= 15 is 0 Å². The Kier molecular flexibility index (Phi) is 10.5. The molecule has 7 nitrogen and oxygen atoms in total. The fourth-order valence-corrected chi connectivity index (χ4v) is 3.53. The van der Waals surface area contributed by atoms with E-state index in [1.54, 1.807) is 43.5 Å². The number of ether oxygens (including phenoxy) is 4. The minimum Gasteiger partial charge on any atom is -0.496 e. The first-order valence-electron chi connectivity index (χ1n) is 11.4. The molecule has 0 bridgehead atoms. The summed E-state index contributed by atoms with van der Waals surface area (Å²) in [5.74, 6) is 0.377. The highest BCUT2D eigenvalue weighted by atomic mass is 16.5. The van der Waals surface area contributed by atoms with Crippen molar-refractivity contribution in [2.24, 2.45) is 5.92 Å². The molecule has 1 atom stereocenters. The van der Waals surface area contributed by atoms with Gasteiger partial charge in [-0.3, -0.25) is 4.79 Å². The molecular formula is C28H34O7. The van der Waals surface area contributed by atoms with E-state index in [-0.39, 0.29) is 19.1 Å². The molecule has 2 rings (SSSR count). The minimum absolute atomic E-state index is 0.104. The van der Waals surface area contributed by atoms with Crippen LogP contribution >= 0.6 is 0 Å². The quantitative estimate of drug-likeness (QED) is 0.331. The summed E-state index contributed by atoms with van der Waals surface area (Å²) in [6.07, 6.45) is 1.70. The number of aliphatic hydroxyl groups excluding tert-OH is 1. The summed E-state index contributed by atoms with van der Waals surface area (Å²) >= 11 is 0. The SMILES string of the molecule is C=C(/C(=C/C[C@H](OC(C)=O)c1cccc(OCCO)c1)c1cc(C(=O)OC)ccc1OC)C(C)C. The van der Waals surface area contributed by atoms with Gasteiger partial charge in [-0.05, 0) is 53.0 Å². The predicted octanol–water partition coefficient (Wildman–Crippen LogP) is 5.14. The Morgan fingerprint density at radius 3 is 2.46 bits per heavy atom. The number of hydrogen-bond acceptors (Lipinski definition) is 7. The zero-order valence-electron chi connectivity index (χ0n) is 21.0. The lowest BCUT2D eigenvalue weighted by atomic mass is 9.88. The molecule has 2 aromatic carbocycles. The van der Waals surface area contributed by atoms with E-state index in [0.29, 0.717) is 29.0 Å². The highest BCUT2D eigenvalue weighted by molar-refractivity contribution is 5.92. The number of carbonyl (C=O) groups is 2. The van der Waals surface area contributed by atoms with Crippen LogP contribution in [0.5, 0.6) is 11.5 Å². The fourth-order valence-electron chi connectivity index (χ4n) is 3.53. The summed E-state index contributed by atoms with van der Waals surface area (Å²) in [6, 6.07) is 12.3. The molecule has 0 saturated heterocycles. The molecule has 0 aliphatic rings. The molecule has 0 saturated carbocycles. The predicted molar refractivity (Wildman–Crippen MR) is 134 cm³/mol. The van der Waals surface area contributed by atoms with Crippen LogP contribution in [0.15, 0.2) is 60.7 Å². The van der Waals surface area contributed by atoms with Crippen molar-refractivity contribution in [3.05, 3.63) is 77.4 Å². The fraction of sp³-hybridized carbons (Fsp3) is 0.357. The molecule has 0 radical (unpaired) electrons. The van der Waals surface area contributed by atoms with E-state index in [1.165, 1.54) is 14.0 Å². The van der Waals surface area contributed by atoms with Gasteiger partial charge < -0.3 is 24.1 Å². The third kappa shape index (κ3) is 7.72. The summed E-state index contributed by atoms with van der Waals surface area (Å²) in [4.78, 5) is 24.1. The first kappa shape index (κ1) is 27.7. The molecule has 0 unspecified atom stereocenters. The smallest absolute Gasteiger partial charge is 0.337 e. The van der Waals surface area contributed by atoms with Crippen LogP contribution in [0.2, 0.25) is 0 Å². The maximum atomic E-state index is 12.2. The maximum absolute atomic E-state index is 12.2. The molecule has 0 heterocycles. The second kappa shape index (κ2) is 13.3. The van der Waals surface area contributed by atoms with Gasteiger partial charge in [-0.25, -0.2) is 4.79 Å². The number of carbonyl (C=O) groups excluding carboxylic acids is 2. The zero-order chi connectivity index (χ0) is 26.0. The van der Waals surface area contributed by atoms with Crippen LogP contribution in [0.25, 0.3) is 5.57 Å². The standard InChI is InChI=1S/C28H34O7/c1-18(2)19(3)24(25-17-22(28(31)33-6)10-12-27(25)32-5)11-13-26(35-20(4)30)21-8-7-9-23(16-21)34-15-14-29/h7-12,16-18,26,29H,3,13-15H2,1-2,4-6H3/b24-11-/t26-/m0/s1. The molecule has 0 aromatic heterocycles. The Hall–Kier alpha value is -3.58. The van der Waals surface area contributed by atoms with Gasteiger partial charge in [0.25, 0.3) is 0 Å². The number of aliphatic hydroxyl groups is 1. The number of methoxy groups -OCH3 is 2. The Morgan fingerprint density at radius 1 is 1.11 bits per heavy atom. The molecule has 1 N–H and O–H groups in total. The van der Waals surface area contributed by atoms with Crippen molar-refractivity contribution in [3.8, 4) is 11.5 Å². The van der Waals surface area contributed by atoms with Crippen LogP contribution in [-0.4, -0.2) is 44.5 Å². The van der Waals surface area contributed by atoms with Crippen molar-refractivity contribution >= 4 is 17.5 Å². The van der Waals surface area contributed by atoms with Crippen LogP contribution in [0, 0.1) is 5.92 Å². The molecule has 0 aliphatic carbocycles. The number of allylic oxidation sites excluding steroid dienone is 2. The molecular weight excluding hydrogens is 448 g/mol. The van der Waals surface area contributed by atoms with E-state index in [9.17, 15) is 9.59 Å². The maximum Gasteiger partial charge on any atom is 0.337 e.